The summed E-state index contributed by atoms with van der Waals surface area (Å²) in [6.07, 6.45) is -11.1. The van der Waals surface area contributed by atoms with Gasteiger partial charge in [-0.2, -0.15) is 0 Å². The number of aliphatic hydroxyl groups is 6. The molecule has 2 aliphatic heterocycles. The SMILES string of the molecule is COc1cc(C(=O)OCC2(O)COC(OCC3OC(O)C(O)C(O)C3O)C2O)ccc1O. The van der Waals surface area contributed by atoms with Gasteiger partial charge in [0.1, 0.15) is 37.1 Å². The molecule has 7 N–H and O–H groups in total. The first-order valence-electron chi connectivity index (χ1n) is 9.63. The van der Waals surface area contributed by atoms with Gasteiger partial charge in [0.05, 0.1) is 25.9 Å². The minimum absolute atomic E-state index is 0.0344. The summed E-state index contributed by atoms with van der Waals surface area (Å²) in [5.41, 5.74) is -1.98. The average Bonchev–Trinajstić information content (AvgIpc) is 3.06. The maximum absolute atomic E-state index is 12.2. The van der Waals surface area contributed by atoms with Crippen LogP contribution in [0, 0.1) is 0 Å². The molecule has 0 radical (unpaired) electrons. The Morgan fingerprint density at radius 3 is 2.56 bits per heavy atom. The molecule has 8 atom stereocenters. The van der Waals surface area contributed by atoms with Crippen molar-refractivity contribution in [2.45, 2.75) is 48.7 Å². The number of carbonyl (C=O) groups is 1. The number of esters is 1. The molecule has 2 fully saturated rings. The molecule has 13 heteroatoms. The van der Waals surface area contributed by atoms with Gasteiger partial charge in [-0.1, -0.05) is 0 Å². The van der Waals surface area contributed by atoms with Gasteiger partial charge in [0, 0.05) is 0 Å². The van der Waals surface area contributed by atoms with Crippen molar-refractivity contribution in [1.29, 1.82) is 0 Å². The van der Waals surface area contributed by atoms with Crippen LogP contribution in [0.5, 0.6) is 11.5 Å². The smallest absolute Gasteiger partial charge is 0.338 e. The Labute approximate surface area is 181 Å². The average molecular weight is 462 g/mol. The zero-order valence-corrected chi connectivity index (χ0v) is 17.0. The molecule has 1 aromatic carbocycles. The van der Waals surface area contributed by atoms with Crippen LogP contribution in [0.15, 0.2) is 18.2 Å². The first-order chi connectivity index (χ1) is 15.1. The molecule has 0 amide bonds. The van der Waals surface area contributed by atoms with Crippen LogP contribution in [0.1, 0.15) is 10.4 Å². The van der Waals surface area contributed by atoms with E-state index in [2.05, 4.69) is 0 Å². The number of aliphatic hydroxyl groups excluding tert-OH is 5. The van der Waals surface area contributed by atoms with Crippen LogP contribution < -0.4 is 4.74 Å². The summed E-state index contributed by atoms with van der Waals surface area (Å²) < 4.78 is 25.4. The van der Waals surface area contributed by atoms with Crippen LogP contribution in [0.3, 0.4) is 0 Å². The molecule has 2 heterocycles. The van der Waals surface area contributed by atoms with Gasteiger partial charge < -0.3 is 59.4 Å². The molecule has 0 aliphatic carbocycles. The number of benzene rings is 1. The summed E-state index contributed by atoms with van der Waals surface area (Å²) in [6, 6.07) is 3.76. The predicted octanol–water partition coefficient (Wildman–Crippen LogP) is -3.18. The van der Waals surface area contributed by atoms with Gasteiger partial charge in [-0.25, -0.2) is 4.79 Å². The maximum atomic E-state index is 12.2. The Hall–Kier alpha value is -2.07. The Kier molecular flexibility index (Phi) is 7.54. The molecule has 2 saturated heterocycles. The highest BCUT2D eigenvalue weighted by Crippen LogP contribution is 2.29. The third-order valence-electron chi connectivity index (χ3n) is 5.29. The lowest BCUT2D eigenvalue weighted by Crippen LogP contribution is -2.59. The molecular formula is C19H26O13. The summed E-state index contributed by atoms with van der Waals surface area (Å²) in [5, 5.41) is 69.1. The molecule has 0 bridgehead atoms. The third-order valence-corrected chi connectivity index (χ3v) is 5.29. The Balaban J connectivity index is 1.53. The fraction of sp³-hybridized carbons (Fsp3) is 0.632. The Morgan fingerprint density at radius 2 is 1.88 bits per heavy atom. The van der Waals surface area contributed by atoms with Gasteiger partial charge in [-0.05, 0) is 18.2 Å². The monoisotopic (exact) mass is 462 g/mol. The van der Waals surface area contributed by atoms with E-state index in [-0.39, 0.29) is 17.1 Å². The van der Waals surface area contributed by atoms with Crippen molar-refractivity contribution in [3.63, 3.8) is 0 Å². The number of hydrogen-bond donors (Lipinski definition) is 7. The van der Waals surface area contributed by atoms with Crippen molar-refractivity contribution in [2.75, 3.05) is 26.9 Å². The van der Waals surface area contributed by atoms with E-state index < -0.39 is 74.5 Å². The summed E-state index contributed by atoms with van der Waals surface area (Å²) in [4.78, 5) is 12.2. The second-order valence-corrected chi connectivity index (χ2v) is 7.56. The highest BCUT2D eigenvalue weighted by molar-refractivity contribution is 5.90. The number of methoxy groups -OCH3 is 1. The number of aromatic hydroxyl groups is 1. The summed E-state index contributed by atoms with van der Waals surface area (Å²) in [6.45, 7) is -1.57. The topological polar surface area (TPSA) is 205 Å². The minimum Gasteiger partial charge on any atom is -0.504 e. The second kappa shape index (κ2) is 9.82. The van der Waals surface area contributed by atoms with Gasteiger partial charge in [0.2, 0.25) is 0 Å². The molecule has 2 aliphatic rings. The summed E-state index contributed by atoms with van der Waals surface area (Å²) >= 11 is 0. The number of phenolic OH excluding ortho intramolecular Hbond substituents is 1. The van der Waals surface area contributed by atoms with Crippen molar-refractivity contribution in [3.05, 3.63) is 23.8 Å². The minimum atomic E-state index is -2.01. The van der Waals surface area contributed by atoms with Crippen LogP contribution in [-0.2, 0) is 18.9 Å². The quantitative estimate of drug-likeness (QED) is 0.200. The van der Waals surface area contributed by atoms with Gasteiger partial charge in [0.25, 0.3) is 0 Å². The van der Waals surface area contributed by atoms with Crippen LogP contribution in [0.25, 0.3) is 0 Å². The molecule has 32 heavy (non-hydrogen) atoms. The van der Waals surface area contributed by atoms with E-state index in [9.17, 15) is 40.5 Å². The summed E-state index contributed by atoms with van der Waals surface area (Å²) in [5.74, 6) is -0.983. The lowest BCUT2D eigenvalue weighted by molar-refractivity contribution is -0.297. The fourth-order valence-electron chi connectivity index (χ4n) is 3.26. The highest BCUT2D eigenvalue weighted by atomic mass is 16.7. The second-order valence-electron chi connectivity index (χ2n) is 7.56. The molecule has 1 aromatic rings. The lowest BCUT2D eigenvalue weighted by Gasteiger charge is -2.38. The van der Waals surface area contributed by atoms with E-state index in [1.54, 1.807) is 0 Å². The Bertz CT molecular complexity index is 803. The molecule has 0 saturated carbocycles. The van der Waals surface area contributed by atoms with E-state index in [1.807, 2.05) is 0 Å². The lowest BCUT2D eigenvalue weighted by atomic mass is 9.99. The van der Waals surface area contributed by atoms with E-state index in [4.69, 9.17) is 23.7 Å². The van der Waals surface area contributed by atoms with Crippen LogP contribution in [0.4, 0.5) is 0 Å². The molecule has 8 unspecified atom stereocenters. The van der Waals surface area contributed by atoms with Gasteiger partial charge in [0.15, 0.2) is 29.7 Å². The van der Waals surface area contributed by atoms with Crippen LogP contribution in [0.2, 0.25) is 0 Å². The normalized spacial score (nSPS) is 37.3. The van der Waals surface area contributed by atoms with Gasteiger partial charge in [-0.3, -0.25) is 0 Å². The van der Waals surface area contributed by atoms with Crippen LogP contribution >= 0.6 is 0 Å². The predicted molar refractivity (Wildman–Crippen MR) is 100 cm³/mol. The first-order valence-corrected chi connectivity index (χ1v) is 9.63. The zero-order valence-electron chi connectivity index (χ0n) is 17.0. The van der Waals surface area contributed by atoms with Crippen molar-refractivity contribution in [3.8, 4) is 11.5 Å². The van der Waals surface area contributed by atoms with Crippen molar-refractivity contribution < 1.29 is 64.2 Å². The van der Waals surface area contributed by atoms with Crippen molar-refractivity contribution >= 4 is 5.97 Å². The van der Waals surface area contributed by atoms with E-state index in [1.165, 1.54) is 25.3 Å². The molecule has 3 rings (SSSR count). The number of rotatable bonds is 7. The number of phenols is 1. The fourth-order valence-corrected chi connectivity index (χ4v) is 3.26. The largest absolute Gasteiger partial charge is 0.504 e. The number of carbonyl (C=O) groups excluding carboxylic acids is 1. The zero-order chi connectivity index (χ0) is 23.6. The molecule has 180 valence electrons. The number of ether oxygens (including phenoxy) is 5. The molecular weight excluding hydrogens is 436 g/mol. The number of hydrogen-bond acceptors (Lipinski definition) is 13. The molecule has 0 spiro atoms. The van der Waals surface area contributed by atoms with Crippen LogP contribution in [-0.4, -0.2) is 117 Å². The van der Waals surface area contributed by atoms with Crippen molar-refractivity contribution in [1.82, 2.24) is 0 Å². The third kappa shape index (κ3) is 4.96. The van der Waals surface area contributed by atoms with E-state index >= 15 is 0 Å². The maximum Gasteiger partial charge on any atom is 0.338 e. The Morgan fingerprint density at radius 1 is 1.16 bits per heavy atom. The van der Waals surface area contributed by atoms with E-state index in [0.717, 1.165) is 0 Å². The van der Waals surface area contributed by atoms with Gasteiger partial charge in [-0.15, -0.1) is 0 Å². The summed E-state index contributed by atoms with van der Waals surface area (Å²) in [7, 11) is 1.31. The van der Waals surface area contributed by atoms with Crippen molar-refractivity contribution in [2.24, 2.45) is 0 Å². The highest BCUT2D eigenvalue weighted by Gasteiger charge is 2.51. The van der Waals surface area contributed by atoms with Gasteiger partial charge >= 0.3 is 5.97 Å². The molecule has 13 nitrogen and oxygen atoms in total. The molecule has 0 aromatic heterocycles. The van der Waals surface area contributed by atoms with E-state index in [0.29, 0.717) is 0 Å². The standard InChI is InChI=1S/C19H26O13/c1-28-10-4-8(2-3-9(10)20)16(25)30-6-19(27)7-31-18(15(19)24)29-5-11-12(21)13(22)14(23)17(26)32-11/h2-4,11-15,17-18,20-24,26-27H,5-7H2,1H3. The first kappa shape index (κ1) is 24.6.